The Morgan fingerprint density at radius 2 is 1.28 bits per heavy atom. The first-order valence-corrected chi connectivity index (χ1v) is 10.7. The lowest BCUT2D eigenvalue weighted by Crippen LogP contribution is -2.16. The van der Waals surface area contributed by atoms with Crippen LogP contribution in [0.4, 0.5) is 11.4 Å². The number of rotatable bonds is 8. The lowest BCUT2D eigenvalue weighted by atomic mass is 10.1. The maximum Gasteiger partial charge on any atom is 0.255 e. The molecule has 0 saturated heterocycles. The molecule has 0 aromatic heterocycles. The predicted molar refractivity (Wildman–Crippen MR) is 127 cm³/mol. The minimum atomic E-state index is -0.340. The standard InChI is InChI=1S/C25H25ClN2O4/c1-4-31-22-15-21(28-25(30)18-10-7-11-19(26)13-18)23(32-5-2)14-20(22)27-24(29)17-9-6-8-16(3)12-17/h6-15H,4-5H2,1-3H3,(H,27,29)(H,28,30). The Hall–Kier alpha value is -3.51. The van der Waals surface area contributed by atoms with Gasteiger partial charge in [0.25, 0.3) is 11.8 Å². The minimum absolute atomic E-state index is 0.271. The van der Waals surface area contributed by atoms with Crippen molar-refractivity contribution < 1.29 is 19.1 Å². The zero-order valence-electron chi connectivity index (χ0n) is 18.2. The van der Waals surface area contributed by atoms with Crippen molar-refractivity contribution in [3.8, 4) is 11.5 Å². The van der Waals surface area contributed by atoms with Gasteiger partial charge in [0.2, 0.25) is 0 Å². The molecule has 3 aromatic carbocycles. The number of anilines is 2. The molecule has 0 spiro atoms. The Labute approximate surface area is 192 Å². The van der Waals surface area contributed by atoms with Crippen LogP contribution in [0, 0.1) is 6.92 Å². The third kappa shape index (κ3) is 5.80. The van der Waals surface area contributed by atoms with Crippen molar-refractivity contribution in [2.24, 2.45) is 0 Å². The van der Waals surface area contributed by atoms with Gasteiger partial charge in [-0.3, -0.25) is 9.59 Å². The molecule has 0 atom stereocenters. The van der Waals surface area contributed by atoms with Gasteiger partial charge in [0.1, 0.15) is 11.5 Å². The summed E-state index contributed by atoms with van der Waals surface area (Å²) in [7, 11) is 0. The highest BCUT2D eigenvalue weighted by atomic mass is 35.5. The fraction of sp³-hybridized carbons (Fsp3) is 0.200. The molecule has 0 radical (unpaired) electrons. The van der Waals surface area contributed by atoms with E-state index in [1.807, 2.05) is 32.9 Å². The van der Waals surface area contributed by atoms with E-state index in [9.17, 15) is 9.59 Å². The van der Waals surface area contributed by atoms with Gasteiger partial charge in [-0.15, -0.1) is 0 Å². The molecule has 7 heteroatoms. The average molecular weight is 453 g/mol. The number of amides is 2. The molecule has 3 aromatic rings. The van der Waals surface area contributed by atoms with Crippen LogP contribution >= 0.6 is 11.6 Å². The second-order valence-electron chi connectivity index (χ2n) is 7.00. The topological polar surface area (TPSA) is 76.7 Å². The van der Waals surface area contributed by atoms with Gasteiger partial charge < -0.3 is 20.1 Å². The number of halogens is 1. The fourth-order valence-corrected chi connectivity index (χ4v) is 3.30. The van der Waals surface area contributed by atoms with E-state index in [-0.39, 0.29) is 11.8 Å². The van der Waals surface area contributed by atoms with Crippen LogP contribution in [-0.2, 0) is 0 Å². The first-order chi connectivity index (χ1) is 15.4. The van der Waals surface area contributed by atoms with Crippen LogP contribution in [0.2, 0.25) is 5.02 Å². The van der Waals surface area contributed by atoms with E-state index in [0.717, 1.165) is 5.56 Å². The molecule has 0 bridgehead atoms. The zero-order chi connectivity index (χ0) is 23.1. The van der Waals surface area contributed by atoms with Crippen LogP contribution in [0.3, 0.4) is 0 Å². The monoisotopic (exact) mass is 452 g/mol. The predicted octanol–water partition coefficient (Wildman–Crippen LogP) is 5.95. The van der Waals surface area contributed by atoms with Gasteiger partial charge in [0, 0.05) is 28.3 Å². The highest BCUT2D eigenvalue weighted by Crippen LogP contribution is 2.37. The summed E-state index contributed by atoms with van der Waals surface area (Å²) in [6, 6.07) is 17.2. The molecule has 0 aliphatic carbocycles. The molecule has 2 N–H and O–H groups in total. The first kappa shape index (κ1) is 23.2. The van der Waals surface area contributed by atoms with Crippen molar-refractivity contribution in [2.45, 2.75) is 20.8 Å². The summed E-state index contributed by atoms with van der Waals surface area (Å²) in [4.78, 5) is 25.5. The van der Waals surface area contributed by atoms with Gasteiger partial charge in [0.05, 0.1) is 24.6 Å². The molecule has 0 saturated carbocycles. The van der Waals surface area contributed by atoms with Crippen LogP contribution in [0.15, 0.2) is 60.7 Å². The van der Waals surface area contributed by atoms with Crippen molar-refractivity contribution in [2.75, 3.05) is 23.8 Å². The van der Waals surface area contributed by atoms with Crippen molar-refractivity contribution in [1.82, 2.24) is 0 Å². The van der Waals surface area contributed by atoms with Gasteiger partial charge in [-0.05, 0) is 51.1 Å². The quantitative estimate of drug-likeness (QED) is 0.442. The number of carbonyl (C=O) groups is 2. The molecule has 0 unspecified atom stereocenters. The van der Waals surface area contributed by atoms with Gasteiger partial charge in [-0.1, -0.05) is 35.4 Å². The molecule has 0 aliphatic heterocycles. The molecular weight excluding hydrogens is 428 g/mol. The molecule has 0 heterocycles. The van der Waals surface area contributed by atoms with E-state index in [4.69, 9.17) is 21.1 Å². The smallest absolute Gasteiger partial charge is 0.255 e. The van der Waals surface area contributed by atoms with E-state index in [2.05, 4.69) is 10.6 Å². The second kappa shape index (κ2) is 10.7. The summed E-state index contributed by atoms with van der Waals surface area (Å²) in [5, 5.41) is 6.19. The maximum atomic E-state index is 12.8. The highest BCUT2D eigenvalue weighted by molar-refractivity contribution is 6.31. The number of ether oxygens (including phenoxy) is 2. The number of hydrogen-bond acceptors (Lipinski definition) is 4. The minimum Gasteiger partial charge on any atom is -0.492 e. The Balaban J connectivity index is 1.94. The second-order valence-corrected chi connectivity index (χ2v) is 7.44. The van der Waals surface area contributed by atoms with Crippen molar-refractivity contribution in [3.05, 3.63) is 82.4 Å². The lowest BCUT2D eigenvalue weighted by Gasteiger charge is -2.18. The summed E-state index contributed by atoms with van der Waals surface area (Å²) in [5.74, 6) is 0.212. The Morgan fingerprint density at radius 3 is 1.75 bits per heavy atom. The molecule has 6 nitrogen and oxygen atoms in total. The fourth-order valence-electron chi connectivity index (χ4n) is 3.11. The number of benzene rings is 3. The summed E-state index contributed by atoms with van der Waals surface area (Å²) >= 11 is 6.00. The number of nitrogens with one attached hydrogen (secondary N) is 2. The highest BCUT2D eigenvalue weighted by Gasteiger charge is 2.18. The molecular formula is C25H25ClN2O4. The summed E-state index contributed by atoms with van der Waals surface area (Å²) in [6.07, 6.45) is 0. The van der Waals surface area contributed by atoms with Gasteiger partial charge in [-0.25, -0.2) is 0 Å². The Kier molecular flexibility index (Phi) is 7.73. The average Bonchev–Trinajstić information content (AvgIpc) is 2.76. The van der Waals surface area contributed by atoms with Crippen molar-refractivity contribution in [1.29, 1.82) is 0 Å². The number of hydrogen-bond donors (Lipinski definition) is 2. The third-order valence-corrected chi connectivity index (χ3v) is 4.78. The van der Waals surface area contributed by atoms with E-state index < -0.39 is 0 Å². The van der Waals surface area contributed by atoms with Crippen molar-refractivity contribution >= 4 is 34.8 Å². The van der Waals surface area contributed by atoms with Crippen LogP contribution < -0.4 is 20.1 Å². The molecule has 32 heavy (non-hydrogen) atoms. The lowest BCUT2D eigenvalue weighted by molar-refractivity contribution is 0.101. The summed E-state index contributed by atoms with van der Waals surface area (Å²) < 4.78 is 11.5. The van der Waals surface area contributed by atoms with E-state index in [1.165, 1.54) is 0 Å². The zero-order valence-corrected chi connectivity index (χ0v) is 19.0. The number of aryl methyl sites for hydroxylation is 1. The SMILES string of the molecule is CCOc1cc(NC(=O)c2cccc(Cl)c2)c(OCC)cc1NC(=O)c1cccc(C)c1. The summed E-state index contributed by atoms with van der Waals surface area (Å²) in [6.45, 7) is 6.35. The van der Waals surface area contributed by atoms with Gasteiger partial charge in [0.15, 0.2) is 0 Å². The van der Waals surface area contributed by atoms with Crippen LogP contribution in [-0.4, -0.2) is 25.0 Å². The summed E-state index contributed by atoms with van der Waals surface area (Å²) in [5.41, 5.74) is 2.80. The molecule has 0 aliphatic rings. The van der Waals surface area contributed by atoms with Crippen molar-refractivity contribution in [3.63, 3.8) is 0 Å². The Morgan fingerprint density at radius 1 is 0.781 bits per heavy atom. The van der Waals surface area contributed by atoms with E-state index in [0.29, 0.717) is 52.2 Å². The van der Waals surface area contributed by atoms with Crippen LogP contribution in [0.5, 0.6) is 11.5 Å². The molecule has 2 amide bonds. The Bertz CT molecular complexity index is 1040. The first-order valence-electron chi connectivity index (χ1n) is 10.3. The molecule has 166 valence electrons. The maximum absolute atomic E-state index is 12.8. The van der Waals surface area contributed by atoms with E-state index >= 15 is 0 Å². The van der Waals surface area contributed by atoms with Gasteiger partial charge in [-0.2, -0.15) is 0 Å². The van der Waals surface area contributed by atoms with Crippen LogP contribution in [0.1, 0.15) is 40.1 Å². The largest absolute Gasteiger partial charge is 0.492 e. The van der Waals surface area contributed by atoms with E-state index in [1.54, 1.807) is 48.5 Å². The van der Waals surface area contributed by atoms with Gasteiger partial charge >= 0.3 is 0 Å². The molecule has 3 rings (SSSR count). The number of carbonyl (C=O) groups excluding carboxylic acids is 2. The normalized spacial score (nSPS) is 10.4. The third-order valence-electron chi connectivity index (χ3n) is 4.54. The van der Waals surface area contributed by atoms with Crippen LogP contribution in [0.25, 0.3) is 0 Å². The molecule has 0 fully saturated rings.